The van der Waals surface area contributed by atoms with Gasteiger partial charge < -0.3 is 9.47 Å². The molecule has 10 heteroatoms. The van der Waals surface area contributed by atoms with Crippen LogP contribution in [0.3, 0.4) is 0 Å². The van der Waals surface area contributed by atoms with E-state index in [0.29, 0.717) is 17.5 Å². The van der Waals surface area contributed by atoms with Crippen molar-refractivity contribution in [3.05, 3.63) is 71.8 Å². The van der Waals surface area contributed by atoms with Gasteiger partial charge in [0, 0.05) is 13.8 Å². The third-order valence-electron chi connectivity index (χ3n) is 10.4. The first-order valence-corrected chi connectivity index (χ1v) is 15.4. The first kappa shape index (κ1) is 27.7. The maximum absolute atomic E-state index is 13.5. The van der Waals surface area contributed by atoms with E-state index in [9.17, 15) is 28.8 Å². The van der Waals surface area contributed by atoms with E-state index in [2.05, 4.69) is 0 Å². The largest absolute Gasteiger partial charge is 0.424 e. The van der Waals surface area contributed by atoms with Crippen molar-refractivity contribution in [3.8, 4) is 11.5 Å². The van der Waals surface area contributed by atoms with Gasteiger partial charge in [-0.1, -0.05) is 36.4 Å². The summed E-state index contributed by atoms with van der Waals surface area (Å²) in [4.78, 5) is 80.3. The summed E-state index contributed by atoms with van der Waals surface area (Å²) in [5, 5.41) is 0. The van der Waals surface area contributed by atoms with Crippen LogP contribution in [0, 0.1) is 47.3 Å². The van der Waals surface area contributed by atoms with Crippen molar-refractivity contribution >= 4 is 46.9 Å². The average Bonchev–Trinajstić information content (AvgIpc) is 3.83. The van der Waals surface area contributed by atoms with Crippen molar-refractivity contribution in [2.24, 2.45) is 47.3 Å². The minimum absolute atomic E-state index is 0.0461. The molecule has 10 nitrogen and oxygen atoms in total. The fourth-order valence-corrected chi connectivity index (χ4v) is 8.69. The molecule has 2 aromatic rings. The number of allylic oxidation sites excluding steroid dienone is 4. The number of ether oxygens (including phenoxy) is 2. The molecule has 4 amide bonds. The Balaban J connectivity index is 1.09. The molecule has 6 aliphatic rings. The Bertz CT molecular complexity index is 1620. The number of amides is 4. The predicted octanol–water partition coefficient (Wildman–Crippen LogP) is 3.75. The number of rotatable bonds is 6. The highest BCUT2D eigenvalue weighted by Crippen LogP contribution is 2.55. The minimum atomic E-state index is -0.593. The number of nitrogens with zero attached hydrogens (tertiary/aromatic N) is 2. The van der Waals surface area contributed by atoms with E-state index < -0.39 is 35.6 Å². The zero-order chi connectivity index (χ0) is 31.3. The number of hydrogen-bond donors (Lipinski definition) is 0. The minimum Gasteiger partial charge on any atom is -0.424 e. The second-order valence-electron chi connectivity index (χ2n) is 13.0. The highest BCUT2D eigenvalue weighted by molar-refractivity contribution is 6.24. The van der Waals surface area contributed by atoms with E-state index in [0.717, 1.165) is 22.6 Å². The quantitative estimate of drug-likeness (QED) is 0.211. The maximum atomic E-state index is 13.5. The van der Waals surface area contributed by atoms with E-state index in [-0.39, 0.29) is 70.2 Å². The monoisotopic (exact) mass is 606 g/mol. The lowest BCUT2D eigenvalue weighted by Crippen LogP contribution is -2.33. The normalized spacial score (nSPS) is 31.8. The second kappa shape index (κ2) is 9.82. The summed E-state index contributed by atoms with van der Waals surface area (Å²) in [6.07, 6.45) is 10.0. The molecule has 4 aliphatic carbocycles. The molecule has 2 aliphatic heterocycles. The lowest BCUT2D eigenvalue weighted by atomic mass is 9.85. The summed E-state index contributed by atoms with van der Waals surface area (Å²) >= 11 is 0. The van der Waals surface area contributed by atoms with Gasteiger partial charge in [0.15, 0.2) is 11.5 Å². The van der Waals surface area contributed by atoms with Crippen LogP contribution < -0.4 is 19.3 Å². The lowest BCUT2D eigenvalue weighted by molar-refractivity contribution is -0.132. The summed E-state index contributed by atoms with van der Waals surface area (Å²) < 4.78 is 11.0. The van der Waals surface area contributed by atoms with Gasteiger partial charge in [-0.15, -0.1) is 0 Å². The third kappa shape index (κ3) is 4.07. The molecule has 8 rings (SSSR count). The molecule has 0 unspecified atom stereocenters. The van der Waals surface area contributed by atoms with Crippen LogP contribution in [0.2, 0.25) is 0 Å². The number of benzene rings is 2. The molecule has 2 saturated carbocycles. The number of hydrogen-bond acceptors (Lipinski definition) is 8. The van der Waals surface area contributed by atoms with E-state index in [1.54, 1.807) is 36.4 Å². The van der Waals surface area contributed by atoms with Gasteiger partial charge in [-0.2, -0.15) is 0 Å². The van der Waals surface area contributed by atoms with Gasteiger partial charge in [0.2, 0.25) is 23.6 Å². The van der Waals surface area contributed by atoms with Crippen molar-refractivity contribution in [1.29, 1.82) is 0 Å². The Morgan fingerprint density at radius 1 is 0.600 bits per heavy atom. The molecule has 0 aromatic heterocycles. The summed E-state index contributed by atoms with van der Waals surface area (Å²) in [6.45, 7) is 2.51. The number of carbonyl (C=O) groups is 6. The van der Waals surface area contributed by atoms with Gasteiger partial charge in [0.1, 0.15) is 0 Å². The highest BCUT2D eigenvalue weighted by atomic mass is 16.5. The van der Waals surface area contributed by atoms with Gasteiger partial charge in [-0.25, -0.2) is 9.80 Å². The SMILES string of the molecule is CC(=O)Oc1cc(Cc2ccc(N3C(=O)[C@H]4[C@H](C3=O)[C@H]3C=C[C@H]4C3)c(OC(C)=O)c2)ccc1N1C(=O)[C@@H]2[C@H](C1=O)[C@H]1C=C[C@H]2C1. The molecule has 4 bridgehead atoms. The summed E-state index contributed by atoms with van der Waals surface area (Å²) in [6, 6.07) is 9.97. The summed E-state index contributed by atoms with van der Waals surface area (Å²) in [7, 11) is 0. The van der Waals surface area contributed by atoms with Crippen molar-refractivity contribution in [2.75, 3.05) is 9.80 Å². The fraction of sp³-hybridized carbons (Fsp3) is 0.371. The van der Waals surface area contributed by atoms with Gasteiger partial charge in [-0.05, 0) is 78.3 Å². The molecule has 0 spiro atoms. The molecule has 4 fully saturated rings. The molecule has 2 saturated heterocycles. The van der Waals surface area contributed by atoms with E-state index in [4.69, 9.17) is 9.47 Å². The zero-order valence-corrected chi connectivity index (χ0v) is 24.7. The Morgan fingerprint density at radius 2 is 0.933 bits per heavy atom. The molecular formula is C35H30N2O8. The number of anilines is 2. The molecule has 0 N–H and O–H groups in total. The van der Waals surface area contributed by atoms with Crippen LogP contribution in [-0.4, -0.2) is 35.6 Å². The van der Waals surface area contributed by atoms with Crippen LogP contribution in [-0.2, 0) is 35.2 Å². The summed E-state index contributed by atoms with van der Waals surface area (Å²) in [5.41, 5.74) is 1.86. The Labute approximate surface area is 258 Å². The fourth-order valence-electron chi connectivity index (χ4n) is 8.69. The predicted molar refractivity (Wildman–Crippen MR) is 159 cm³/mol. The highest BCUT2D eigenvalue weighted by Gasteiger charge is 2.61. The average molecular weight is 607 g/mol. The number of fused-ring (bicyclic) bond motifs is 10. The maximum Gasteiger partial charge on any atom is 0.308 e. The molecule has 2 aromatic carbocycles. The van der Waals surface area contributed by atoms with Crippen molar-refractivity contribution in [1.82, 2.24) is 0 Å². The van der Waals surface area contributed by atoms with Crippen LogP contribution in [0.5, 0.6) is 11.5 Å². The molecule has 0 radical (unpaired) electrons. The van der Waals surface area contributed by atoms with Gasteiger partial charge in [-0.3, -0.25) is 28.8 Å². The zero-order valence-electron chi connectivity index (χ0n) is 24.7. The van der Waals surface area contributed by atoms with Gasteiger partial charge >= 0.3 is 11.9 Å². The van der Waals surface area contributed by atoms with Crippen molar-refractivity contribution in [2.45, 2.75) is 33.1 Å². The first-order valence-electron chi connectivity index (χ1n) is 15.4. The Morgan fingerprint density at radius 3 is 1.24 bits per heavy atom. The number of carbonyl (C=O) groups excluding carboxylic acids is 6. The number of esters is 2. The van der Waals surface area contributed by atoms with Crippen molar-refractivity contribution < 1.29 is 38.2 Å². The molecule has 2 heterocycles. The Kier molecular flexibility index (Phi) is 6.04. The molecule has 8 atom stereocenters. The Hall–Kier alpha value is -4.86. The molecular weight excluding hydrogens is 576 g/mol. The standard InChI is InChI=1S/C35H30N2O8/c1-16(38)44-26-12-18(3-9-24(26)36-32(40)28-20-5-6-21(14-20)29(28)33(36)41)11-19-4-10-25(27(13-19)45-17(2)39)37-34(42)30-22-7-8-23(15-22)31(30)35(37)43/h3-10,12-13,20-23,28-31H,11,14-15H2,1-2H3/t20-,21-,22-,23-,28-,29+,30+,31+/m0/s1. The van der Waals surface area contributed by atoms with Crippen molar-refractivity contribution in [3.63, 3.8) is 0 Å². The lowest BCUT2D eigenvalue weighted by Gasteiger charge is -2.21. The van der Waals surface area contributed by atoms with Gasteiger partial charge in [0.05, 0.1) is 35.0 Å². The van der Waals surface area contributed by atoms with Crippen LogP contribution in [0.15, 0.2) is 60.7 Å². The first-order chi connectivity index (χ1) is 21.6. The van der Waals surface area contributed by atoms with Crippen LogP contribution in [0.25, 0.3) is 0 Å². The van der Waals surface area contributed by atoms with E-state index in [1.807, 2.05) is 24.3 Å². The summed E-state index contributed by atoms with van der Waals surface area (Å²) in [5.74, 6) is -3.47. The smallest absolute Gasteiger partial charge is 0.308 e. The van der Waals surface area contributed by atoms with Crippen LogP contribution >= 0.6 is 0 Å². The van der Waals surface area contributed by atoms with E-state index >= 15 is 0 Å². The third-order valence-corrected chi connectivity index (χ3v) is 10.4. The second-order valence-corrected chi connectivity index (χ2v) is 13.0. The topological polar surface area (TPSA) is 127 Å². The molecule has 228 valence electrons. The van der Waals surface area contributed by atoms with Crippen LogP contribution in [0.4, 0.5) is 11.4 Å². The molecule has 45 heavy (non-hydrogen) atoms. The van der Waals surface area contributed by atoms with Gasteiger partial charge in [0.25, 0.3) is 0 Å². The van der Waals surface area contributed by atoms with E-state index in [1.165, 1.54) is 13.8 Å². The number of imide groups is 2. The van der Waals surface area contributed by atoms with Crippen LogP contribution in [0.1, 0.15) is 37.8 Å².